The molecule has 0 N–H and O–H groups in total. The Morgan fingerprint density at radius 3 is 2.50 bits per heavy atom. The van der Waals surface area contributed by atoms with Crippen molar-refractivity contribution in [2.24, 2.45) is 0 Å². The van der Waals surface area contributed by atoms with Crippen molar-refractivity contribution in [3.63, 3.8) is 0 Å². The van der Waals surface area contributed by atoms with Crippen molar-refractivity contribution >= 4 is 34.4 Å². The van der Waals surface area contributed by atoms with E-state index in [-0.39, 0.29) is 29.3 Å². The lowest BCUT2D eigenvalue weighted by molar-refractivity contribution is -0.145. The number of para-hydroxylation sites is 1. The molecule has 0 saturated carbocycles. The van der Waals surface area contributed by atoms with Gasteiger partial charge < -0.3 is 4.74 Å². The summed E-state index contributed by atoms with van der Waals surface area (Å²) < 4.78 is 5.17. The molecular formula is C22H23NO4S. The first-order valence-corrected chi connectivity index (χ1v) is 10.2. The SMILES string of the molecule is CCOC(=O)C1Cc2ccccc2N1C(=O)CC(C)SC(=O)c1ccccc1. The number of fused-ring (bicyclic) bond motifs is 1. The molecule has 5 nitrogen and oxygen atoms in total. The van der Waals surface area contributed by atoms with Gasteiger partial charge in [0.1, 0.15) is 6.04 Å². The zero-order chi connectivity index (χ0) is 20.1. The third kappa shape index (κ3) is 4.44. The fourth-order valence-electron chi connectivity index (χ4n) is 3.33. The molecule has 2 aromatic carbocycles. The number of carbonyl (C=O) groups is 3. The first-order valence-electron chi connectivity index (χ1n) is 9.34. The molecule has 146 valence electrons. The van der Waals surface area contributed by atoms with Crippen molar-refractivity contribution in [2.75, 3.05) is 11.5 Å². The molecule has 1 aliphatic rings. The van der Waals surface area contributed by atoms with E-state index in [2.05, 4.69) is 0 Å². The van der Waals surface area contributed by atoms with Crippen molar-refractivity contribution in [1.29, 1.82) is 0 Å². The van der Waals surface area contributed by atoms with Crippen LogP contribution in [0.25, 0.3) is 0 Å². The van der Waals surface area contributed by atoms with Crippen LogP contribution in [0.15, 0.2) is 54.6 Å². The van der Waals surface area contributed by atoms with E-state index in [9.17, 15) is 14.4 Å². The van der Waals surface area contributed by atoms with E-state index in [4.69, 9.17) is 4.74 Å². The van der Waals surface area contributed by atoms with Gasteiger partial charge in [0.2, 0.25) is 11.0 Å². The smallest absolute Gasteiger partial charge is 0.329 e. The molecule has 28 heavy (non-hydrogen) atoms. The molecule has 1 amide bonds. The number of benzene rings is 2. The maximum absolute atomic E-state index is 13.0. The third-order valence-electron chi connectivity index (χ3n) is 4.58. The van der Waals surface area contributed by atoms with Crippen LogP contribution in [-0.2, 0) is 20.7 Å². The Kier molecular flexibility index (Phi) is 6.52. The molecule has 0 spiro atoms. The van der Waals surface area contributed by atoms with Gasteiger partial charge in [-0.05, 0) is 18.6 Å². The van der Waals surface area contributed by atoms with Gasteiger partial charge in [0, 0.05) is 29.3 Å². The van der Waals surface area contributed by atoms with Crippen molar-refractivity contribution < 1.29 is 19.1 Å². The average Bonchev–Trinajstić information content (AvgIpc) is 3.08. The summed E-state index contributed by atoms with van der Waals surface area (Å²) in [6.07, 6.45) is 0.610. The van der Waals surface area contributed by atoms with Crippen molar-refractivity contribution in [1.82, 2.24) is 0 Å². The molecular weight excluding hydrogens is 374 g/mol. The Bertz CT molecular complexity index is 868. The minimum absolute atomic E-state index is 0.0651. The molecule has 0 saturated heterocycles. The Morgan fingerprint density at radius 2 is 1.79 bits per heavy atom. The molecule has 3 rings (SSSR count). The van der Waals surface area contributed by atoms with Crippen LogP contribution >= 0.6 is 11.8 Å². The summed E-state index contributed by atoms with van der Waals surface area (Å²) in [5.74, 6) is -0.573. The number of hydrogen-bond donors (Lipinski definition) is 0. The number of nitrogens with zero attached hydrogens (tertiary/aromatic N) is 1. The van der Waals surface area contributed by atoms with Gasteiger partial charge in [-0.3, -0.25) is 14.5 Å². The summed E-state index contributed by atoms with van der Waals surface area (Å²) in [5.41, 5.74) is 2.31. The van der Waals surface area contributed by atoms with Crippen LogP contribution in [0.2, 0.25) is 0 Å². The van der Waals surface area contributed by atoms with E-state index in [1.165, 1.54) is 4.90 Å². The predicted molar refractivity (Wildman–Crippen MR) is 110 cm³/mol. The number of ether oxygens (including phenoxy) is 1. The van der Waals surface area contributed by atoms with Gasteiger partial charge in [0.15, 0.2) is 0 Å². The molecule has 2 aromatic rings. The van der Waals surface area contributed by atoms with Gasteiger partial charge in [-0.2, -0.15) is 0 Å². The van der Waals surface area contributed by atoms with Crippen LogP contribution in [-0.4, -0.2) is 34.9 Å². The minimum atomic E-state index is -0.646. The molecule has 0 aliphatic carbocycles. The zero-order valence-electron chi connectivity index (χ0n) is 16.0. The highest BCUT2D eigenvalue weighted by atomic mass is 32.2. The number of carbonyl (C=O) groups excluding carboxylic acids is 3. The Hall–Kier alpha value is -2.60. The molecule has 0 bridgehead atoms. The summed E-state index contributed by atoms with van der Waals surface area (Å²) in [5, 5.41) is -0.277. The molecule has 2 atom stereocenters. The van der Waals surface area contributed by atoms with Crippen LogP contribution in [0.4, 0.5) is 5.69 Å². The summed E-state index contributed by atoms with van der Waals surface area (Å²) >= 11 is 1.14. The number of esters is 1. The fraction of sp³-hybridized carbons (Fsp3) is 0.318. The van der Waals surface area contributed by atoms with Gasteiger partial charge in [-0.1, -0.05) is 67.2 Å². The van der Waals surface area contributed by atoms with Crippen LogP contribution in [0.3, 0.4) is 0 Å². The first kappa shape index (κ1) is 20.1. The number of amides is 1. The van der Waals surface area contributed by atoms with Gasteiger partial charge >= 0.3 is 5.97 Å². The molecule has 2 unspecified atom stereocenters. The largest absolute Gasteiger partial charge is 0.464 e. The lowest BCUT2D eigenvalue weighted by Crippen LogP contribution is -2.44. The van der Waals surface area contributed by atoms with E-state index < -0.39 is 12.0 Å². The fourth-order valence-corrected chi connectivity index (χ4v) is 4.20. The second-order valence-electron chi connectivity index (χ2n) is 6.65. The molecule has 0 radical (unpaired) electrons. The number of thioether (sulfide) groups is 1. The Morgan fingerprint density at radius 1 is 1.11 bits per heavy atom. The van der Waals surface area contributed by atoms with Crippen LogP contribution in [0.1, 0.15) is 36.2 Å². The van der Waals surface area contributed by atoms with E-state index >= 15 is 0 Å². The molecule has 1 aliphatic heterocycles. The standard InChI is InChI=1S/C22H23NO4S/c1-3-27-21(25)19-14-17-11-7-8-12-18(17)23(19)20(24)13-15(2)28-22(26)16-9-5-4-6-10-16/h4-12,15,19H,3,13-14H2,1-2H3. The topological polar surface area (TPSA) is 63.7 Å². The van der Waals surface area contributed by atoms with E-state index in [0.717, 1.165) is 23.0 Å². The van der Waals surface area contributed by atoms with Gasteiger partial charge in [0.05, 0.1) is 6.61 Å². The number of hydrogen-bond acceptors (Lipinski definition) is 5. The van der Waals surface area contributed by atoms with E-state index in [1.54, 1.807) is 19.1 Å². The second-order valence-corrected chi connectivity index (χ2v) is 8.06. The highest BCUT2D eigenvalue weighted by Gasteiger charge is 2.39. The van der Waals surface area contributed by atoms with Crippen LogP contribution in [0.5, 0.6) is 0 Å². The van der Waals surface area contributed by atoms with Crippen molar-refractivity contribution in [2.45, 2.75) is 38.0 Å². The lowest BCUT2D eigenvalue weighted by Gasteiger charge is -2.25. The Balaban J connectivity index is 1.71. The molecule has 6 heteroatoms. The quantitative estimate of drug-likeness (QED) is 0.693. The minimum Gasteiger partial charge on any atom is -0.464 e. The molecule has 0 aromatic heterocycles. The van der Waals surface area contributed by atoms with Crippen LogP contribution in [0, 0.1) is 0 Å². The molecule has 0 fully saturated rings. The monoisotopic (exact) mass is 397 g/mol. The maximum atomic E-state index is 13.0. The van der Waals surface area contributed by atoms with Crippen LogP contribution < -0.4 is 4.90 Å². The highest BCUT2D eigenvalue weighted by molar-refractivity contribution is 8.14. The summed E-state index contributed by atoms with van der Waals surface area (Å²) in [7, 11) is 0. The number of rotatable bonds is 6. The first-order chi connectivity index (χ1) is 13.5. The molecule has 1 heterocycles. The number of anilines is 1. The summed E-state index contributed by atoms with van der Waals surface area (Å²) in [6.45, 7) is 3.87. The normalized spacial score (nSPS) is 16.4. The second kappa shape index (κ2) is 9.06. The lowest BCUT2D eigenvalue weighted by atomic mass is 10.1. The van der Waals surface area contributed by atoms with Crippen molar-refractivity contribution in [3.05, 3.63) is 65.7 Å². The highest BCUT2D eigenvalue weighted by Crippen LogP contribution is 2.34. The average molecular weight is 397 g/mol. The predicted octanol–water partition coefficient (Wildman–Crippen LogP) is 3.86. The zero-order valence-corrected chi connectivity index (χ0v) is 16.8. The summed E-state index contributed by atoms with van der Waals surface area (Å²) in [4.78, 5) is 39.4. The van der Waals surface area contributed by atoms with E-state index in [1.807, 2.05) is 49.4 Å². The van der Waals surface area contributed by atoms with Gasteiger partial charge in [0.25, 0.3) is 0 Å². The Labute approximate surface area is 169 Å². The maximum Gasteiger partial charge on any atom is 0.329 e. The third-order valence-corrected chi connectivity index (χ3v) is 5.60. The van der Waals surface area contributed by atoms with Gasteiger partial charge in [-0.15, -0.1) is 0 Å². The van der Waals surface area contributed by atoms with E-state index in [0.29, 0.717) is 12.0 Å². The van der Waals surface area contributed by atoms with Crippen molar-refractivity contribution in [3.8, 4) is 0 Å². The summed E-state index contributed by atoms with van der Waals surface area (Å²) in [6, 6.07) is 15.9. The van der Waals surface area contributed by atoms with Gasteiger partial charge in [-0.25, -0.2) is 4.79 Å².